The first-order valence-electron chi connectivity index (χ1n) is 9.75. The number of thiophene rings is 1. The molecule has 1 aliphatic rings. The third-order valence-corrected chi connectivity index (χ3v) is 6.96. The molecule has 0 spiro atoms. The summed E-state index contributed by atoms with van der Waals surface area (Å²) in [6.45, 7) is 0. The fourth-order valence-electron chi connectivity index (χ4n) is 3.23. The minimum atomic E-state index is -0.755. The Morgan fingerprint density at radius 1 is 1.23 bits per heavy atom. The molecule has 0 atom stereocenters. The molecule has 9 nitrogen and oxygen atoms in total. The molecule has 0 saturated heterocycles. The van der Waals surface area contributed by atoms with Crippen LogP contribution in [0.3, 0.4) is 0 Å². The third kappa shape index (κ3) is 4.48. The van der Waals surface area contributed by atoms with E-state index in [0.717, 1.165) is 11.3 Å². The highest BCUT2D eigenvalue weighted by molar-refractivity contribution is 9.10. The number of carbonyl (C=O) groups excluding carboxylic acids is 2. The number of aliphatic imine (C=N–C) groups is 1. The molecular weight excluding hydrogens is 564 g/mol. The SMILES string of the molecule is O=C1OC(c2ccco2)=N/C1=C/c1cc(Br)ccc1OC(=O)c1sc2cc([N+](=O)[O-])ccc2c1Cl. The number of nitro benzene ring substituents is 1. The second-order valence-electron chi connectivity index (χ2n) is 7.07. The smallest absolute Gasteiger partial charge is 0.363 e. The number of fused-ring (bicyclic) bond motifs is 1. The largest absolute Gasteiger partial charge is 0.459 e. The van der Waals surface area contributed by atoms with Crippen molar-refractivity contribution < 1.29 is 28.4 Å². The highest BCUT2D eigenvalue weighted by atomic mass is 79.9. The molecule has 0 fully saturated rings. The normalized spacial score (nSPS) is 14.3. The molecule has 0 aliphatic carbocycles. The van der Waals surface area contributed by atoms with Crippen LogP contribution in [0, 0.1) is 10.1 Å². The molecule has 2 aromatic carbocycles. The van der Waals surface area contributed by atoms with Gasteiger partial charge in [0.1, 0.15) is 10.6 Å². The minimum Gasteiger partial charge on any atom is -0.459 e. The number of carbonyl (C=O) groups is 2. The summed E-state index contributed by atoms with van der Waals surface area (Å²) in [5, 5.41) is 11.7. The van der Waals surface area contributed by atoms with Crippen LogP contribution < -0.4 is 4.74 Å². The van der Waals surface area contributed by atoms with Gasteiger partial charge in [0, 0.05) is 32.3 Å². The second kappa shape index (κ2) is 9.10. The van der Waals surface area contributed by atoms with Crippen LogP contribution in [0.15, 0.2) is 74.4 Å². The lowest BCUT2D eigenvalue weighted by molar-refractivity contribution is -0.384. The zero-order valence-corrected chi connectivity index (χ0v) is 20.3. The standard InChI is InChI=1S/C23H10BrClN2O7S/c24-12-3-6-16(11(8-12)9-15-22(28)34-21(26-15)17-2-1-7-32-17)33-23(29)20-19(25)14-5-4-13(27(30)31)10-18(14)35-20/h1-10H/b15-9+. The van der Waals surface area contributed by atoms with Crippen molar-refractivity contribution in [2.45, 2.75) is 0 Å². The molecule has 4 aromatic rings. The number of cyclic esters (lactones) is 1. The Hall–Kier alpha value is -3.80. The summed E-state index contributed by atoms with van der Waals surface area (Å²) in [5.41, 5.74) is 0.242. The van der Waals surface area contributed by atoms with Gasteiger partial charge in [-0.25, -0.2) is 14.6 Å². The number of hydrogen-bond acceptors (Lipinski definition) is 9. The fraction of sp³-hybridized carbons (Fsp3) is 0. The molecule has 2 aromatic heterocycles. The lowest BCUT2D eigenvalue weighted by Gasteiger charge is -2.08. The Labute approximate surface area is 213 Å². The van der Waals surface area contributed by atoms with Crippen molar-refractivity contribution >= 4 is 78.6 Å². The monoisotopic (exact) mass is 572 g/mol. The van der Waals surface area contributed by atoms with Gasteiger partial charge in [0.2, 0.25) is 0 Å². The van der Waals surface area contributed by atoms with E-state index in [1.165, 1.54) is 36.6 Å². The summed E-state index contributed by atoms with van der Waals surface area (Å²) in [6, 6.07) is 12.2. The number of ether oxygens (including phenoxy) is 2. The van der Waals surface area contributed by atoms with Crippen LogP contribution in [-0.4, -0.2) is 22.8 Å². The van der Waals surface area contributed by atoms with Crippen LogP contribution in [0.2, 0.25) is 5.02 Å². The zero-order valence-electron chi connectivity index (χ0n) is 17.2. The van der Waals surface area contributed by atoms with E-state index in [1.807, 2.05) is 0 Å². The Bertz CT molecular complexity index is 1590. The van der Waals surface area contributed by atoms with Crippen LogP contribution in [-0.2, 0) is 9.53 Å². The van der Waals surface area contributed by atoms with Crippen LogP contribution in [0.4, 0.5) is 5.69 Å². The van der Waals surface area contributed by atoms with Crippen LogP contribution >= 0.6 is 38.9 Å². The molecule has 174 valence electrons. The molecule has 1 aliphatic heterocycles. The van der Waals surface area contributed by atoms with Gasteiger partial charge in [-0.15, -0.1) is 11.3 Å². The van der Waals surface area contributed by atoms with E-state index in [9.17, 15) is 19.7 Å². The number of nitro groups is 1. The predicted octanol–water partition coefficient (Wildman–Crippen LogP) is 6.38. The average Bonchev–Trinajstić information content (AvgIpc) is 3.55. The van der Waals surface area contributed by atoms with Gasteiger partial charge in [0.05, 0.1) is 16.2 Å². The molecule has 0 unspecified atom stereocenters. The average molecular weight is 574 g/mol. The summed E-state index contributed by atoms with van der Waals surface area (Å²) >= 11 is 10.7. The predicted molar refractivity (Wildman–Crippen MR) is 132 cm³/mol. The van der Waals surface area contributed by atoms with E-state index in [4.69, 9.17) is 25.5 Å². The number of nitrogens with zero attached hydrogens (tertiary/aromatic N) is 2. The molecule has 0 bridgehead atoms. The number of benzene rings is 2. The first-order chi connectivity index (χ1) is 16.8. The molecule has 0 amide bonds. The molecule has 0 radical (unpaired) electrons. The lowest BCUT2D eigenvalue weighted by Crippen LogP contribution is -2.08. The first-order valence-corrected chi connectivity index (χ1v) is 11.7. The number of esters is 2. The lowest BCUT2D eigenvalue weighted by atomic mass is 10.1. The number of hydrogen-bond donors (Lipinski definition) is 0. The Kier molecular flexibility index (Phi) is 5.97. The van der Waals surface area contributed by atoms with Crippen LogP contribution in [0.1, 0.15) is 21.0 Å². The maximum absolute atomic E-state index is 13.0. The van der Waals surface area contributed by atoms with Crippen molar-refractivity contribution in [1.29, 1.82) is 0 Å². The van der Waals surface area contributed by atoms with Gasteiger partial charge < -0.3 is 13.9 Å². The molecule has 0 N–H and O–H groups in total. The summed E-state index contributed by atoms with van der Waals surface area (Å²) in [6.07, 6.45) is 2.85. The zero-order chi connectivity index (χ0) is 24.7. The van der Waals surface area contributed by atoms with E-state index < -0.39 is 16.9 Å². The van der Waals surface area contributed by atoms with Gasteiger partial charge in [0.25, 0.3) is 11.6 Å². The number of rotatable bonds is 5. The van der Waals surface area contributed by atoms with Gasteiger partial charge >= 0.3 is 11.9 Å². The van der Waals surface area contributed by atoms with Gasteiger partial charge in [-0.3, -0.25) is 10.1 Å². The van der Waals surface area contributed by atoms with Gasteiger partial charge in [0.15, 0.2) is 11.5 Å². The van der Waals surface area contributed by atoms with Crippen molar-refractivity contribution in [3.05, 3.63) is 96.3 Å². The van der Waals surface area contributed by atoms with Crippen LogP contribution in [0.25, 0.3) is 16.2 Å². The molecular formula is C23H10BrClN2O7S. The number of furan rings is 1. The van der Waals surface area contributed by atoms with E-state index >= 15 is 0 Å². The summed E-state index contributed by atoms with van der Waals surface area (Å²) in [5.74, 6) is -0.995. The van der Waals surface area contributed by atoms with Crippen molar-refractivity contribution in [2.75, 3.05) is 0 Å². The Balaban J connectivity index is 1.48. The number of non-ortho nitro benzene ring substituents is 1. The summed E-state index contributed by atoms with van der Waals surface area (Å²) in [4.78, 5) is 40.1. The maximum Gasteiger partial charge on any atom is 0.363 e. The van der Waals surface area contributed by atoms with Crippen molar-refractivity contribution in [2.24, 2.45) is 4.99 Å². The van der Waals surface area contributed by atoms with Crippen molar-refractivity contribution in [3.63, 3.8) is 0 Å². The molecule has 3 heterocycles. The maximum atomic E-state index is 13.0. The Morgan fingerprint density at radius 3 is 2.80 bits per heavy atom. The summed E-state index contributed by atoms with van der Waals surface area (Å²) < 4.78 is 17.1. The van der Waals surface area contributed by atoms with E-state index in [1.54, 1.807) is 24.3 Å². The van der Waals surface area contributed by atoms with E-state index in [2.05, 4.69) is 20.9 Å². The van der Waals surface area contributed by atoms with E-state index in [0.29, 0.717) is 25.9 Å². The first kappa shape index (κ1) is 23.0. The molecule has 12 heteroatoms. The highest BCUT2D eigenvalue weighted by Gasteiger charge is 2.27. The van der Waals surface area contributed by atoms with Gasteiger partial charge in [-0.05, 0) is 42.5 Å². The molecule has 35 heavy (non-hydrogen) atoms. The van der Waals surface area contributed by atoms with Gasteiger partial charge in [-0.2, -0.15) is 0 Å². The number of halogens is 2. The summed E-state index contributed by atoms with van der Waals surface area (Å²) in [7, 11) is 0. The van der Waals surface area contributed by atoms with Gasteiger partial charge in [-0.1, -0.05) is 27.5 Å². The highest BCUT2D eigenvalue weighted by Crippen LogP contribution is 2.38. The quantitative estimate of drug-likeness (QED) is 0.0892. The molecule has 0 saturated carbocycles. The van der Waals surface area contributed by atoms with Crippen LogP contribution in [0.5, 0.6) is 5.75 Å². The minimum absolute atomic E-state index is 0.0148. The molecule has 5 rings (SSSR count). The fourth-order valence-corrected chi connectivity index (χ4v) is 5.03. The van der Waals surface area contributed by atoms with E-state index in [-0.39, 0.29) is 32.9 Å². The third-order valence-electron chi connectivity index (χ3n) is 4.83. The van der Waals surface area contributed by atoms with Crippen molar-refractivity contribution in [1.82, 2.24) is 0 Å². The topological polar surface area (TPSA) is 121 Å². The second-order valence-corrected chi connectivity index (χ2v) is 9.41. The van der Waals surface area contributed by atoms with Crippen molar-refractivity contribution in [3.8, 4) is 5.75 Å². The Morgan fingerprint density at radius 2 is 2.06 bits per heavy atom.